The number of anilines is 4. The van der Waals surface area contributed by atoms with E-state index in [0.717, 1.165) is 75.2 Å². The Morgan fingerprint density at radius 1 is 1.13 bits per heavy atom. The van der Waals surface area contributed by atoms with Crippen LogP contribution in [0.25, 0.3) is 0 Å². The molecule has 1 aromatic carbocycles. The highest BCUT2D eigenvalue weighted by Crippen LogP contribution is 2.34. The number of piperidine rings is 1. The minimum Gasteiger partial charge on any atom is -0.343 e. The standard InChI is InChI=1S/C27H34ClFN8O/c1-17-13-23(31-27-30-16-21(28)26(33-27)32-24-14-18(2)34-35-24)22(29)15-20(17)19-5-10-36(11-6-19)12-7-25(38)37-8-3-4-9-37/h13-16,19H,3-12H2,1-2H3,(H3,30,31,32,33,34,35). The molecule has 0 unspecified atom stereocenters. The zero-order chi connectivity index (χ0) is 26.6. The van der Waals surface area contributed by atoms with E-state index in [4.69, 9.17) is 11.6 Å². The number of amides is 1. The van der Waals surface area contributed by atoms with Crippen molar-refractivity contribution in [3.8, 4) is 0 Å². The molecule has 0 radical (unpaired) electrons. The molecule has 3 N–H and O–H groups in total. The van der Waals surface area contributed by atoms with E-state index in [-0.39, 0.29) is 17.7 Å². The van der Waals surface area contributed by atoms with Crippen molar-refractivity contribution in [2.75, 3.05) is 43.4 Å². The SMILES string of the molecule is Cc1cc(Nc2nc(Nc3cc(C)c(C4CCN(CCC(=O)N5CCCC5)CC4)cc3F)ncc2Cl)n[nH]1. The van der Waals surface area contributed by atoms with Gasteiger partial charge in [-0.3, -0.25) is 9.89 Å². The van der Waals surface area contributed by atoms with Crippen molar-refractivity contribution in [2.45, 2.75) is 51.9 Å². The Labute approximate surface area is 227 Å². The molecule has 2 aromatic heterocycles. The van der Waals surface area contributed by atoms with Crippen LogP contribution in [0.1, 0.15) is 54.8 Å². The van der Waals surface area contributed by atoms with Gasteiger partial charge in [0.2, 0.25) is 11.9 Å². The summed E-state index contributed by atoms with van der Waals surface area (Å²) in [5.74, 6) is 1.40. The number of H-pyrrole nitrogens is 1. The number of likely N-dealkylation sites (tertiary alicyclic amines) is 2. The van der Waals surface area contributed by atoms with Crippen molar-refractivity contribution < 1.29 is 9.18 Å². The number of nitrogens with one attached hydrogen (secondary N) is 3. The van der Waals surface area contributed by atoms with E-state index in [1.807, 2.05) is 30.9 Å². The molecule has 11 heteroatoms. The van der Waals surface area contributed by atoms with Gasteiger partial charge < -0.3 is 20.4 Å². The molecule has 2 aliphatic rings. The van der Waals surface area contributed by atoms with Crippen LogP contribution < -0.4 is 10.6 Å². The molecule has 0 atom stereocenters. The Kier molecular flexibility index (Phi) is 8.09. The van der Waals surface area contributed by atoms with Crippen LogP contribution in [0.3, 0.4) is 0 Å². The lowest BCUT2D eigenvalue weighted by atomic mass is 9.86. The summed E-state index contributed by atoms with van der Waals surface area (Å²) in [5.41, 5.74) is 3.27. The van der Waals surface area contributed by atoms with E-state index in [9.17, 15) is 4.79 Å². The van der Waals surface area contributed by atoms with Crippen LogP contribution in [0, 0.1) is 19.7 Å². The first-order valence-corrected chi connectivity index (χ1v) is 13.6. The van der Waals surface area contributed by atoms with Gasteiger partial charge in [0, 0.05) is 37.8 Å². The molecule has 9 nitrogen and oxygen atoms in total. The van der Waals surface area contributed by atoms with E-state index in [1.54, 1.807) is 6.07 Å². The highest BCUT2D eigenvalue weighted by atomic mass is 35.5. The fraction of sp³-hybridized carbons (Fsp3) is 0.481. The number of aromatic nitrogens is 4. The van der Waals surface area contributed by atoms with Crippen LogP contribution in [0.5, 0.6) is 0 Å². The number of hydrogen-bond donors (Lipinski definition) is 3. The lowest BCUT2D eigenvalue weighted by molar-refractivity contribution is -0.130. The second-order valence-electron chi connectivity index (χ2n) is 10.2. The lowest BCUT2D eigenvalue weighted by Crippen LogP contribution is -2.37. The molecule has 0 spiro atoms. The van der Waals surface area contributed by atoms with Gasteiger partial charge in [0.25, 0.3) is 0 Å². The monoisotopic (exact) mass is 540 g/mol. The van der Waals surface area contributed by atoms with Crippen molar-refractivity contribution >= 4 is 40.8 Å². The first-order valence-electron chi connectivity index (χ1n) is 13.2. The summed E-state index contributed by atoms with van der Waals surface area (Å²) in [7, 11) is 0. The first kappa shape index (κ1) is 26.4. The minimum absolute atomic E-state index is 0.229. The molecule has 2 aliphatic heterocycles. The van der Waals surface area contributed by atoms with E-state index >= 15 is 4.39 Å². The van der Waals surface area contributed by atoms with Gasteiger partial charge in [-0.05, 0) is 81.8 Å². The predicted molar refractivity (Wildman–Crippen MR) is 147 cm³/mol. The topological polar surface area (TPSA) is 102 Å². The molecule has 0 saturated carbocycles. The Morgan fingerprint density at radius 3 is 2.61 bits per heavy atom. The number of aryl methyl sites for hydroxylation is 2. The molecular weight excluding hydrogens is 507 g/mol. The Hall–Kier alpha value is -3.24. The second kappa shape index (κ2) is 11.7. The van der Waals surface area contributed by atoms with Crippen molar-refractivity contribution in [1.29, 1.82) is 0 Å². The number of rotatable bonds is 8. The normalized spacial score (nSPS) is 16.7. The highest BCUT2D eigenvalue weighted by molar-refractivity contribution is 6.32. The predicted octanol–water partition coefficient (Wildman–Crippen LogP) is 5.29. The molecule has 4 heterocycles. The average Bonchev–Trinajstić information content (AvgIpc) is 3.59. The zero-order valence-corrected chi connectivity index (χ0v) is 22.6. The smallest absolute Gasteiger partial charge is 0.229 e. The zero-order valence-electron chi connectivity index (χ0n) is 21.9. The van der Waals surface area contributed by atoms with Gasteiger partial charge in [0.05, 0.1) is 11.9 Å². The summed E-state index contributed by atoms with van der Waals surface area (Å²) in [6, 6.07) is 5.27. The van der Waals surface area contributed by atoms with Gasteiger partial charge in [-0.25, -0.2) is 9.37 Å². The summed E-state index contributed by atoms with van der Waals surface area (Å²) in [6.45, 7) is 8.36. The molecule has 1 amide bonds. The number of carbonyl (C=O) groups excluding carboxylic acids is 1. The molecule has 2 saturated heterocycles. The number of aromatic amines is 1. The third kappa shape index (κ3) is 6.24. The maximum atomic E-state index is 15.2. The quantitative estimate of drug-likeness (QED) is 0.357. The molecule has 2 fully saturated rings. The summed E-state index contributed by atoms with van der Waals surface area (Å²) in [5, 5.41) is 13.3. The molecular formula is C27H34ClFN8O. The second-order valence-corrected chi connectivity index (χ2v) is 10.6. The maximum absolute atomic E-state index is 15.2. The van der Waals surface area contributed by atoms with Gasteiger partial charge >= 0.3 is 0 Å². The number of nitrogens with zero attached hydrogens (tertiary/aromatic N) is 5. The Balaban J connectivity index is 1.19. The van der Waals surface area contributed by atoms with E-state index in [1.165, 1.54) is 6.20 Å². The van der Waals surface area contributed by atoms with E-state index < -0.39 is 0 Å². The molecule has 38 heavy (non-hydrogen) atoms. The molecule has 0 bridgehead atoms. The highest BCUT2D eigenvalue weighted by Gasteiger charge is 2.25. The summed E-state index contributed by atoms with van der Waals surface area (Å²) in [6.07, 6.45) is 6.20. The number of halogens is 2. The van der Waals surface area contributed by atoms with Gasteiger partial charge in [0.1, 0.15) is 10.8 Å². The van der Waals surface area contributed by atoms with Crippen LogP contribution in [0.4, 0.5) is 27.7 Å². The van der Waals surface area contributed by atoms with Crippen LogP contribution in [-0.4, -0.2) is 68.6 Å². The fourth-order valence-corrected chi connectivity index (χ4v) is 5.46. The van der Waals surface area contributed by atoms with E-state index in [0.29, 0.717) is 34.7 Å². The summed E-state index contributed by atoms with van der Waals surface area (Å²) < 4.78 is 15.2. The number of carbonyl (C=O) groups is 1. The van der Waals surface area contributed by atoms with Gasteiger partial charge in [0.15, 0.2) is 11.6 Å². The molecule has 5 rings (SSSR count). The first-order chi connectivity index (χ1) is 18.4. The average molecular weight is 541 g/mol. The van der Waals surface area contributed by atoms with Crippen molar-refractivity contribution in [3.05, 3.63) is 52.1 Å². The van der Waals surface area contributed by atoms with Crippen LogP contribution in [0.15, 0.2) is 24.4 Å². The van der Waals surface area contributed by atoms with Crippen molar-refractivity contribution in [3.63, 3.8) is 0 Å². The third-order valence-electron chi connectivity index (χ3n) is 7.43. The van der Waals surface area contributed by atoms with Gasteiger partial charge in [-0.1, -0.05) is 11.6 Å². The number of benzene rings is 1. The van der Waals surface area contributed by atoms with Gasteiger partial charge in [-0.15, -0.1) is 0 Å². The molecule has 0 aliphatic carbocycles. The van der Waals surface area contributed by atoms with Gasteiger partial charge in [-0.2, -0.15) is 10.1 Å². The largest absolute Gasteiger partial charge is 0.343 e. The molecule has 3 aromatic rings. The Bertz CT molecular complexity index is 1280. The van der Waals surface area contributed by atoms with E-state index in [2.05, 4.69) is 35.7 Å². The Morgan fingerprint density at radius 2 is 1.89 bits per heavy atom. The van der Waals surface area contributed by atoms with Crippen molar-refractivity contribution in [1.82, 2.24) is 30.0 Å². The third-order valence-corrected chi connectivity index (χ3v) is 7.70. The van der Waals surface area contributed by atoms with Crippen LogP contribution in [0.2, 0.25) is 5.02 Å². The maximum Gasteiger partial charge on any atom is 0.229 e. The van der Waals surface area contributed by atoms with Crippen LogP contribution in [-0.2, 0) is 4.79 Å². The summed E-state index contributed by atoms with van der Waals surface area (Å²) in [4.78, 5) is 25.3. The van der Waals surface area contributed by atoms with Crippen molar-refractivity contribution in [2.24, 2.45) is 0 Å². The molecule has 202 valence electrons. The minimum atomic E-state index is -0.347. The lowest BCUT2D eigenvalue weighted by Gasteiger charge is -2.33. The number of hydrogen-bond acceptors (Lipinski definition) is 7. The fourth-order valence-electron chi connectivity index (χ4n) is 5.32. The summed E-state index contributed by atoms with van der Waals surface area (Å²) >= 11 is 6.24. The van der Waals surface area contributed by atoms with Crippen LogP contribution >= 0.6 is 11.6 Å².